The second-order valence-corrected chi connectivity index (χ2v) is 7.71. The molecule has 1 N–H and O–H groups in total. The van der Waals surface area contributed by atoms with Crippen molar-refractivity contribution in [1.29, 1.82) is 0 Å². The molecule has 0 saturated heterocycles. The van der Waals surface area contributed by atoms with E-state index in [1.54, 1.807) is 12.1 Å². The lowest BCUT2D eigenvalue weighted by atomic mass is 10.0. The molecule has 0 bridgehead atoms. The van der Waals surface area contributed by atoms with Gasteiger partial charge in [0.15, 0.2) is 0 Å². The first-order valence-electron chi connectivity index (χ1n) is 7.42. The van der Waals surface area contributed by atoms with Crippen LogP contribution in [0.5, 0.6) is 0 Å². The van der Waals surface area contributed by atoms with E-state index >= 15 is 0 Å². The molecule has 1 saturated carbocycles. The van der Waals surface area contributed by atoms with Crippen LogP contribution in [0.25, 0.3) is 0 Å². The van der Waals surface area contributed by atoms with E-state index in [1.165, 1.54) is 38.2 Å². The van der Waals surface area contributed by atoms with Gasteiger partial charge in [-0.3, -0.25) is 0 Å². The number of halogens is 2. The molecule has 1 nitrogen and oxygen atoms in total. The van der Waals surface area contributed by atoms with Crippen LogP contribution in [0, 0.1) is 5.82 Å². The van der Waals surface area contributed by atoms with Crippen molar-refractivity contribution in [1.82, 2.24) is 5.32 Å². The average molecular weight is 360 g/mol. The van der Waals surface area contributed by atoms with Crippen LogP contribution in [0.2, 0.25) is 0 Å². The van der Waals surface area contributed by atoms with Gasteiger partial charge in [0, 0.05) is 21.5 Å². The second kappa shape index (κ2) is 8.40. The molecule has 20 heavy (non-hydrogen) atoms. The van der Waals surface area contributed by atoms with E-state index in [4.69, 9.17) is 0 Å². The van der Waals surface area contributed by atoms with Gasteiger partial charge in [0.05, 0.1) is 0 Å². The van der Waals surface area contributed by atoms with Gasteiger partial charge in [0.2, 0.25) is 0 Å². The molecular weight excluding hydrogens is 337 g/mol. The maximum Gasteiger partial charge on any atom is 0.123 e. The minimum atomic E-state index is -0.155. The molecule has 0 heterocycles. The van der Waals surface area contributed by atoms with Gasteiger partial charge in [-0.15, -0.1) is 0 Å². The van der Waals surface area contributed by atoms with Crippen molar-refractivity contribution in [3.8, 4) is 0 Å². The number of nitrogens with one attached hydrogen (secondary N) is 1. The molecule has 1 atom stereocenters. The Morgan fingerprint density at radius 3 is 2.80 bits per heavy atom. The Labute approximate surface area is 134 Å². The highest BCUT2D eigenvalue weighted by Gasteiger charge is 2.17. The van der Waals surface area contributed by atoms with Gasteiger partial charge in [0.25, 0.3) is 0 Å². The van der Waals surface area contributed by atoms with Crippen molar-refractivity contribution in [2.75, 3.05) is 12.8 Å². The van der Waals surface area contributed by atoms with Crippen LogP contribution in [-0.2, 0) is 6.42 Å². The highest BCUT2D eigenvalue weighted by atomic mass is 79.9. The quantitative estimate of drug-likeness (QED) is 0.783. The van der Waals surface area contributed by atoms with Crippen LogP contribution < -0.4 is 5.32 Å². The lowest BCUT2D eigenvalue weighted by Gasteiger charge is -2.24. The van der Waals surface area contributed by atoms with Crippen LogP contribution in [0.15, 0.2) is 22.7 Å². The summed E-state index contributed by atoms with van der Waals surface area (Å²) in [5.41, 5.74) is 1.05. The smallest absolute Gasteiger partial charge is 0.123 e. The zero-order valence-corrected chi connectivity index (χ0v) is 14.4. The molecular formula is C16H23BrFNS. The first-order valence-corrected chi connectivity index (χ1v) is 9.26. The van der Waals surface area contributed by atoms with Crippen LogP contribution >= 0.6 is 27.7 Å². The van der Waals surface area contributed by atoms with Crippen molar-refractivity contribution in [2.45, 2.75) is 49.8 Å². The Morgan fingerprint density at radius 2 is 2.10 bits per heavy atom. The normalized spacial score (nSPS) is 18.1. The molecule has 2 rings (SSSR count). The van der Waals surface area contributed by atoms with Crippen molar-refractivity contribution in [3.63, 3.8) is 0 Å². The fourth-order valence-corrected chi connectivity index (χ4v) is 4.56. The fourth-order valence-electron chi connectivity index (χ4n) is 2.69. The lowest BCUT2D eigenvalue weighted by Crippen LogP contribution is -2.31. The predicted octanol–water partition coefficient (Wildman–Crippen LogP) is 4.78. The lowest BCUT2D eigenvalue weighted by molar-refractivity contribution is 0.514. The summed E-state index contributed by atoms with van der Waals surface area (Å²) in [6, 6.07) is 5.34. The molecule has 0 amide bonds. The van der Waals surface area contributed by atoms with Gasteiger partial charge in [-0.2, -0.15) is 11.8 Å². The van der Waals surface area contributed by atoms with Crippen molar-refractivity contribution < 1.29 is 4.39 Å². The Bertz CT molecular complexity index is 421. The van der Waals surface area contributed by atoms with Gasteiger partial charge >= 0.3 is 0 Å². The predicted molar refractivity (Wildman–Crippen MR) is 90.0 cm³/mol. The van der Waals surface area contributed by atoms with Crippen LogP contribution in [0.1, 0.15) is 37.7 Å². The Morgan fingerprint density at radius 1 is 1.35 bits per heavy atom. The minimum Gasteiger partial charge on any atom is -0.316 e. The van der Waals surface area contributed by atoms with Crippen LogP contribution in [0.3, 0.4) is 0 Å². The second-order valence-electron chi connectivity index (χ2n) is 5.52. The third-order valence-electron chi connectivity index (χ3n) is 3.97. The molecule has 1 aliphatic carbocycles. The average Bonchev–Trinajstić information content (AvgIpc) is 2.48. The highest BCUT2D eigenvalue weighted by molar-refractivity contribution is 9.10. The summed E-state index contributed by atoms with van der Waals surface area (Å²) in [4.78, 5) is 0. The van der Waals surface area contributed by atoms with E-state index in [9.17, 15) is 4.39 Å². The van der Waals surface area contributed by atoms with E-state index < -0.39 is 0 Å². The topological polar surface area (TPSA) is 12.0 Å². The van der Waals surface area contributed by atoms with Crippen LogP contribution in [-0.4, -0.2) is 24.1 Å². The monoisotopic (exact) mass is 359 g/mol. The largest absolute Gasteiger partial charge is 0.316 e. The highest BCUT2D eigenvalue weighted by Crippen LogP contribution is 2.29. The van der Waals surface area contributed by atoms with Crippen molar-refractivity contribution in [2.24, 2.45) is 0 Å². The molecule has 1 aliphatic rings. The van der Waals surface area contributed by atoms with Gasteiger partial charge in [0.1, 0.15) is 5.82 Å². The summed E-state index contributed by atoms with van der Waals surface area (Å²) < 4.78 is 14.3. The zero-order valence-electron chi connectivity index (χ0n) is 12.0. The van der Waals surface area contributed by atoms with Crippen molar-refractivity contribution >= 4 is 27.7 Å². The number of hydrogen-bond acceptors (Lipinski definition) is 2. The van der Waals surface area contributed by atoms with Gasteiger partial charge in [-0.05, 0) is 50.1 Å². The van der Waals surface area contributed by atoms with Crippen LogP contribution in [0.4, 0.5) is 4.39 Å². The van der Waals surface area contributed by atoms with Gasteiger partial charge in [-0.25, -0.2) is 4.39 Å². The number of likely N-dealkylation sites (N-methyl/N-ethyl adjacent to an activating group) is 1. The molecule has 0 spiro atoms. The standard InChI is InChI=1S/C16H23BrFNS/c1-19-14(11-20-15-5-3-2-4-6-15)10-12-9-13(18)7-8-16(12)17/h7-9,14-15,19H,2-6,10-11H2,1H3. The first-order chi connectivity index (χ1) is 9.69. The summed E-state index contributed by atoms with van der Waals surface area (Å²) in [5.74, 6) is 0.947. The number of rotatable bonds is 6. The third kappa shape index (κ3) is 5.05. The minimum absolute atomic E-state index is 0.155. The van der Waals surface area contributed by atoms with E-state index in [1.807, 2.05) is 7.05 Å². The fraction of sp³-hybridized carbons (Fsp3) is 0.625. The SMILES string of the molecule is CNC(CSC1CCCCC1)Cc1cc(F)ccc1Br. The molecule has 0 aliphatic heterocycles. The van der Waals surface area contributed by atoms with Crippen molar-refractivity contribution in [3.05, 3.63) is 34.1 Å². The van der Waals surface area contributed by atoms with E-state index in [0.717, 1.165) is 27.5 Å². The summed E-state index contributed by atoms with van der Waals surface area (Å²) in [5, 5.41) is 4.20. The number of hydrogen-bond donors (Lipinski definition) is 1. The molecule has 4 heteroatoms. The van der Waals surface area contributed by atoms with E-state index in [-0.39, 0.29) is 5.82 Å². The van der Waals surface area contributed by atoms with Gasteiger partial charge < -0.3 is 5.32 Å². The molecule has 1 unspecified atom stereocenters. The van der Waals surface area contributed by atoms with Gasteiger partial charge in [-0.1, -0.05) is 35.2 Å². The Balaban J connectivity index is 1.86. The summed E-state index contributed by atoms with van der Waals surface area (Å²) in [6.45, 7) is 0. The summed E-state index contributed by atoms with van der Waals surface area (Å²) in [6.07, 6.45) is 7.78. The zero-order chi connectivity index (χ0) is 14.4. The first kappa shape index (κ1) is 16.3. The third-order valence-corrected chi connectivity index (χ3v) is 6.28. The molecule has 0 radical (unpaired) electrons. The molecule has 112 valence electrons. The number of thioether (sulfide) groups is 1. The Kier molecular flexibility index (Phi) is 6.85. The van der Waals surface area contributed by atoms with E-state index in [0.29, 0.717) is 6.04 Å². The maximum atomic E-state index is 13.3. The summed E-state index contributed by atoms with van der Waals surface area (Å²) >= 11 is 5.60. The molecule has 0 aromatic heterocycles. The van der Waals surface area contributed by atoms with E-state index in [2.05, 4.69) is 33.0 Å². The maximum absolute atomic E-state index is 13.3. The molecule has 1 aromatic rings. The number of benzene rings is 1. The molecule has 1 fully saturated rings. The summed E-state index contributed by atoms with van der Waals surface area (Å²) in [7, 11) is 2.00. The molecule has 1 aromatic carbocycles. The Hall–Kier alpha value is -0.0600.